The van der Waals surface area contributed by atoms with E-state index in [2.05, 4.69) is 17.1 Å². The van der Waals surface area contributed by atoms with Crippen LogP contribution in [0.3, 0.4) is 0 Å². The number of likely N-dealkylation sites (tertiary alicyclic amines) is 1. The maximum absolute atomic E-state index is 12.5. The lowest BCUT2D eigenvalue weighted by atomic mass is 9.99. The summed E-state index contributed by atoms with van der Waals surface area (Å²) in [7, 11) is 0. The van der Waals surface area contributed by atoms with Gasteiger partial charge in [-0.1, -0.05) is 18.5 Å². The summed E-state index contributed by atoms with van der Waals surface area (Å²) in [6, 6.07) is 7.63. The van der Waals surface area contributed by atoms with Crippen LogP contribution >= 0.6 is 11.6 Å². The lowest BCUT2D eigenvalue weighted by Gasteiger charge is -2.35. The maximum Gasteiger partial charge on any atom is 0.247 e. The molecule has 24 heavy (non-hydrogen) atoms. The molecule has 1 atom stereocenters. The number of piperidine rings is 1. The number of hydrogen-bond donors (Lipinski definition) is 0. The average molecular weight is 348 g/mol. The Bertz CT molecular complexity index is 684. The second-order valence-electron chi connectivity index (χ2n) is 6.15. The second kappa shape index (κ2) is 7.79. The number of aryl methyl sites for hydroxylation is 1. The Kier molecular flexibility index (Phi) is 5.51. The molecule has 2 aromatic rings. The van der Waals surface area contributed by atoms with E-state index in [9.17, 15) is 4.79 Å². The smallest absolute Gasteiger partial charge is 0.247 e. The largest absolute Gasteiger partial charge is 0.421 e. The van der Waals surface area contributed by atoms with Gasteiger partial charge in [0.05, 0.1) is 0 Å². The van der Waals surface area contributed by atoms with E-state index in [0.717, 1.165) is 31.4 Å². The first kappa shape index (κ1) is 17.0. The number of carbonyl (C=O) groups is 1. The van der Waals surface area contributed by atoms with Gasteiger partial charge in [-0.25, -0.2) is 0 Å². The summed E-state index contributed by atoms with van der Waals surface area (Å²) in [5, 5.41) is 8.77. The van der Waals surface area contributed by atoms with Gasteiger partial charge in [-0.3, -0.25) is 4.79 Å². The monoisotopic (exact) mass is 347 g/mol. The Morgan fingerprint density at radius 1 is 1.29 bits per heavy atom. The lowest BCUT2D eigenvalue weighted by molar-refractivity contribution is -0.135. The van der Waals surface area contributed by atoms with E-state index in [4.69, 9.17) is 16.0 Å². The molecule has 3 rings (SSSR count). The Balaban J connectivity index is 1.59. The average Bonchev–Trinajstić information content (AvgIpc) is 3.09. The van der Waals surface area contributed by atoms with Crippen LogP contribution in [0, 0.1) is 0 Å². The number of amides is 1. The second-order valence-corrected chi connectivity index (χ2v) is 6.59. The highest BCUT2D eigenvalue weighted by Gasteiger charge is 2.25. The van der Waals surface area contributed by atoms with Crippen molar-refractivity contribution in [3.63, 3.8) is 0 Å². The summed E-state index contributed by atoms with van der Waals surface area (Å²) in [5.41, 5.74) is 0.826. The van der Waals surface area contributed by atoms with E-state index in [-0.39, 0.29) is 5.91 Å². The zero-order valence-electron chi connectivity index (χ0n) is 13.9. The zero-order chi connectivity index (χ0) is 16.9. The predicted octanol–water partition coefficient (Wildman–Crippen LogP) is 4.11. The van der Waals surface area contributed by atoms with Gasteiger partial charge in [-0.2, -0.15) is 0 Å². The van der Waals surface area contributed by atoms with Gasteiger partial charge in [0.2, 0.25) is 17.7 Å². The normalized spacial score (nSPS) is 17.9. The maximum atomic E-state index is 12.5. The molecule has 1 aliphatic heterocycles. The Labute approximate surface area is 147 Å². The summed E-state index contributed by atoms with van der Waals surface area (Å²) in [6.45, 7) is 3.02. The molecular weight excluding hydrogens is 326 g/mol. The summed E-state index contributed by atoms with van der Waals surface area (Å²) in [6.07, 6.45) is 5.35. The van der Waals surface area contributed by atoms with Crippen LogP contribution < -0.4 is 0 Å². The molecular formula is C18H22ClN3O2. The van der Waals surface area contributed by atoms with Crippen LogP contribution in [0.15, 0.2) is 28.7 Å². The van der Waals surface area contributed by atoms with Crippen LogP contribution in [0.25, 0.3) is 11.5 Å². The first-order valence-electron chi connectivity index (χ1n) is 8.55. The number of rotatable bonds is 5. The van der Waals surface area contributed by atoms with Crippen molar-refractivity contribution in [2.45, 2.75) is 51.5 Å². The third kappa shape index (κ3) is 3.96. The highest BCUT2D eigenvalue weighted by molar-refractivity contribution is 6.30. The lowest BCUT2D eigenvalue weighted by Crippen LogP contribution is -2.43. The molecule has 128 valence electrons. The number of benzene rings is 1. The van der Waals surface area contributed by atoms with Crippen molar-refractivity contribution >= 4 is 17.5 Å². The minimum Gasteiger partial charge on any atom is -0.421 e. The molecule has 5 nitrogen and oxygen atoms in total. The minimum absolute atomic E-state index is 0.188. The summed E-state index contributed by atoms with van der Waals surface area (Å²) in [4.78, 5) is 14.5. The Morgan fingerprint density at radius 3 is 2.83 bits per heavy atom. The number of hydrogen-bond acceptors (Lipinski definition) is 4. The number of nitrogens with zero attached hydrogens (tertiary/aromatic N) is 3. The molecule has 0 bridgehead atoms. The van der Waals surface area contributed by atoms with Gasteiger partial charge in [-0.05, 0) is 49.9 Å². The molecule has 1 unspecified atom stereocenters. The molecule has 2 heterocycles. The van der Waals surface area contributed by atoms with Gasteiger partial charge in [-0.15, -0.1) is 10.2 Å². The van der Waals surface area contributed by atoms with Crippen LogP contribution in [0.2, 0.25) is 5.02 Å². The van der Waals surface area contributed by atoms with E-state index < -0.39 is 0 Å². The van der Waals surface area contributed by atoms with Crippen molar-refractivity contribution in [2.75, 3.05) is 6.54 Å². The fourth-order valence-corrected chi connectivity index (χ4v) is 3.30. The van der Waals surface area contributed by atoms with Crippen LogP contribution in [-0.4, -0.2) is 33.6 Å². The van der Waals surface area contributed by atoms with Gasteiger partial charge in [0, 0.05) is 36.0 Å². The van der Waals surface area contributed by atoms with Gasteiger partial charge < -0.3 is 9.32 Å². The van der Waals surface area contributed by atoms with Crippen molar-refractivity contribution in [1.29, 1.82) is 0 Å². The van der Waals surface area contributed by atoms with Crippen LogP contribution in [0.1, 0.15) is 44.9 Å². The van der Waals surface area contributed by atoms with Crippen molar-refractivity contribution in [2.24, 2.45) is 0 Å². The van der Waals surface area contributed by atoms with E-state index in [1.165, 1.54) is 6.42 Å². The molecule has 1 aliphatic rings. The van der Waals surface area contributed by atoms with E-state index >= 15 is 0 Å². The Hall–Kier alpha value is -1.88. The Morgan fingerprint density at radius 2 is 2.08 bits per heavy atom. The van der Waals surface area contributed by atoms with Crippen molar-refractivity contribution < 1.29 is 9.21 Å². The molecule has 0 aliphatic carbocycles. The molecule has 6 heteroatoms. The summed E-state index contributed by atoms with van der Waals surface area (Å²) in [5.74, 6) is 1.14. The van der Waals surface area contributed by atoms with E-state index in [0.29, 0.717) is 35.7 Å². The highest BCUT2D eigenvalue weighted by atomic mass is 35.5. The van der Waals surface area contributed by atoms with Gasteiger partial charge in [0.25, 0.3) is 0 Å². The fourth-order valence-electron chi connectivity index (χ4n) is 3.17. The molecule has 1 aromatic carbocycles. The molecule has 1 aromatic heterocycles. The van der Waals surface area contributed by atoms with Crippen molar-refractivity contribution in [1.82, 2.24) is 15.1 Å². The molecule has 0 saturated carbocycles. The van der Waals surface area contributed by atoms with Crippen molar-refractivity contribution in [3.8, 4) is 11.5 Å². The third-order valence-corrected chi connectivity index (χ3v) is 4.78. The zero-order valence-corrected chi connectivity index (χ0v) is 14.6. The van der Waals surface area contributed by atoms with E-state index in [1.807, 2.05) is 17.0 Å². The quantitative estimate of drug-likeness (QED) is 0.816. The predicted molar refractivity (Wildman–Crippen MR) is 92.7 cm³/mol. The molecule has 0 radical (unpaired) electrons. The van der Waals surface area contributed by atoms with Crippen LogP contribution in [-0.2, 0) is 11.2 Å². The van der Waals surface area contributed by atoms with Gasteiger partial charge >= 0.3 is 0 Å². The van der Waals surface area contributed by atoms with Gasteiger partial charge in [0.15, 0.2) is 0 Å². The first-order valence-corrected chi connectivity index (χ1v) is 8.93. The highest BCUT2D eigenvalue weighted by Crippen LogP contribution is 2.22. The fraction of sp³-hybridized carbons (Fsp3) is 0.500. The standard InChI is InChI=1S/C18H22ClN3O2/c1-2-15-5-3-4-12-22(15)17(23)11-10-16-20-21-18(24-16)13-6-8-14(19)9-7-13/h6-9,15H,2-5,10-12H2,1H3. The SMILES string of the molecule is CCC1CCCCN1C(=O)CCc1nnc(-c2ccc(Cl)cc2)o1. The van der Waals surface area contributed by atoms with Gasteiger partial charge in [0.1, 0.15) is 0 Å². The van der Waals surface area contributed by atoms with E-state index in [1.54, 1.807) is 12.1 Å². The molecule has 0 N–H and O–H groups in total. The first-order chi connectivity index (χ1) is 11.7. The molecule has 1 amide bonds. The molecule has 0 spiro atoms. The minimum atomic E-state index is 0.188. The summed E-state index contributed by atoms with van der Waals surface area (Å²) < 4.78 is 5.66. The van der Waals surface area contributed by atoms with Crippen LogP contribution in [0.5, 0.6) is 0 Å². The topological polar surface area (TPSA) is 59.2 Å². The number of aromatic nitrogens is 2. The molecule has 1 saturated heterocycles. The van der Waals surface area contributed by atoms with Crippen LogP contribution in [0.4, 0.5) is 0 Å². The third-order valence-electron chi connectivity index (χ3n) is 4.53. The summed E-state index contributed by atoms with van der Waals surface area (Å²) >= 11 is 5.88. The number of halogens is 1. The number of carbonyl (C=O) groups excluding carboxylic acids is 1. The van der Waals surface area contributed by atoms with Crippen molar-refractivity contribution in [3.05, 3.63) is 35.2 Å². The molecule has 1 fully saturated rings.